The summed E-state index contributed by atoms with van der Waals surface area (Å²) in [4.78, 5) is 24.1. The fraction of sp³-hybridized carbons (Fsp3) is 0.368. The Labute approximate surface area is 161 Å². The number of ether oxygens (including phenoxy) is 2. The van der Waals surface area contributed by atoms with Crippen molar-refractivity contribution in [1.29, 1.82) is 0 Å². The smallest absolute Gasteiger partial charge is 0.313 e. The summed E-state index contributed by atoms with van der Waals surface area (Å²) >= 11 is 1.60. The molecule has 3 rings (SSSR count). The van der Waals surface area contributed by atoms with Gasteiger partial charge < -0.3 is 25.2 Å². The maximum absolute atomic E-state index is 12.1. The van der Waals surface area contributed by atoms with Crippen LogP contribution in [0.4, 0.5) is 5.69 Å². The zero-order valence-corrected chi connectivity index (χ0v) is 15.6. The van der Waals surface area contributed by atoms with E-state index in [1.54, 1.807) is 29.5 Å². The van der Waals surface area contributed by atoms with Crippen LogP contribution in [0.3, 0.4) is 0 Å². The van der Waals surface area contributed by atoms with Crippen molar-refractivity contribution >= 4 is 28.8 Å². The average molecular weight is 390 g/mol. The lowest BCUT2D eigenvalue weighted by atomic mass is 9.95. The highest BCUT2D eigenvalue weighted by molar-refractivity contribution is 7.08. The van der Waals surface area contributed by atoms with Gasteiger partial charge in [0.25, 0.3) is 0 Å². The number of rotatable bonds is 7. The first kappa shape index (κ1) is 19.2. The van der Waals surface area contributed by atoms with E-state index in [9.17, 15) is 14.7 Å². The standard InChI is InChI=1S/C19H22N2O5S/c22-7-4-13(14-5-10-27-12-14)3-6-20-18(23)19(24)21-15-1-2-16-17(11-15)26-9-8-25-16/h1-2,5,10-13,22H,3-4,6-9H2,(H,20,23)(H,21,24)/t13-/m0/s1. The number of hydrogen-bond donors (Lipinski definition) is 3. The van der Waals surface area contributed by atoms with Gasteiger partial charge in [-0.3, -0.25) is 9.59 Å². The topological polar surface area (TPSA) is 96.9 Å². The van der Waals surface area contributed by atoms with Crippen LogP contribution >= 0.6 is 11.3 Å². The van der Waals surface area contributed by atoms with Crippen LogP contribution in [-0.4, -0.2) is 43.3 Å². The van der Waals surface area contributed by atoms with Gasteiger partial charge in [-0.05, 0) is 53.3 Å². The van der Waals surface area contributed by atoms with Gasteiger partial charge in [-0.25, -0.2) is 0 Å². The highest BCUT2D eigenvalue weighted by atomic mass is 32.1. The number of nitrogens with one attached hydrogen (secondary N) is 2. The molecule has 2 amide bonds. The molecule has 3 N–H and O–H groups in total. The van der Waals surface area contributed by atoms with Crippen molar-refractivity contribution < 1.29 is 24.2 Å². The number of fused-ring (bicyclic) bond motifs is 1. The van der Waals surface area contributed by atoms with Gasteiger partial charge in [-0.15, -0.1) is 0 Å². The minimum absolute atomic E-state index is 0.0824. The largest absolute Gasteiger partial charge is 0.486 e. The third kappa shape index (κ3) is 5.21. The summed E-state index contributed by atoms with van der Waals surface area (Å²) in [7, 11) is 0. The maximum atomic E-state index is 12.1. The van der Waals surface area contributed by atoms with Crippen LogP contribution in [0.1, 0.15) is 24.3 Å². The number of hydrogen-bond acceptors (Lipinski definition) is 6. The van der Waals surface area contributed by atoms with Crippen LogP contribution in [0.25, 0.3) is 0 Å². The van der Waals surface area contributed by atoms with Crippen LogP contribution in [-0.2, 0) is 9.59 Å². The third-order valence-electron chi connectivity index (χ3n) is 4.28. The van der Waals surface area contributed by atoms with E-state index in [-0.39, 0.29) is 12.5 Å². The molecule has 0 fully saturated rings. The average Bonchev–Trinajstić information content (AvgIpc) is 3.21. The van der Waals surface area contributed by atoms with Crippen molar-refractivity contribution in [2.45, 2.75) is 18.8 Å². The molecule has 2 aromatic rings. The molecule has 0 unspecified atom stereocenters. The molecular weight excluding hydrogens is 368 g/mol. The minimum atomic E-state index is -0.735. The predicted octanol–water partition coefficient (Wildman–Crippen LogP) is 2.13. The molecule has 0 aliphatic carbocycles. The van der Waals surface area contributed by atoms with Crippen LogP contribution in [0.15, 0.2) is 35.0 Å². The zero-order valence-electron chi connectivity index (χ0n) is 14.8. The quantitative estimate of drug-likeness (QED) is 0.630. The Morgan fingerprint density at radius 2 is 1.93 bits per heavy atom. The molecule has 2 heterocycles. The molecule has 0 radical (unpaired) electrons. The molecule has 1 atom stereocenters. The first-order valence-corrected chi connectivity index (χ1v) is 9.73. The molecular formula is C19H22N2O5S. The Bertz CT molecular complexity index is 778. The molecule has 1 aliphatic heterocycles. The lowest BCUT2D eigenvalue weighted by Gasteiger charge is -2.19. The Balaban J connectivity index is 1.48. The van der Waals surface area contributed by atoms with Gasteiger partial charge in [0.05, 0.1) is 0 Å². The van der Waals surface area contributed by atoms with Crippen LogP contribution < -0.4 is 20.1 Å². The van der Waals surface area contributed by atoms with Gasteiger partial charge in [-0.1, -0.05) is 0 Å². The molecule has 0 bridgehead atoms. The van der Waals surface area contributed by atoms with Crippen molar-refractivity contribution in [3.63, 3.8) is 0 Å². The summed E-state index contributed by atoms with van der Waals surface area (Å²) in [6, 6.07) is 7.00. The second kappa shape index (κ2) is 9.38. The highest BCUT2D eigenvalue weighted by Gasteiger charge is 2.17. The van der Waals surface area contributed by atoms with E-state index in [1.165, 1.54) is 0 Å². The SMILES string of the molecule is O=C(NCC[C@@H](CCO)c1ccsc1)C(=O)Nc1ccc2c(c1)OCCO2. The van der Waals surface area contributed by atoms with E-state index >= 15 is 0 Å². The fourth-order valence-electron chi connectivity index (χ4n) is 2.89. The lowest BCUT2D eigenvalue weighted by molar-refractivity contribution is -0.136. The van der Waals surface area contributed by atoms with Crippen molar-refractivity contribution in [1.82, 2.24) is 5.32 Å². The monoisotopic (exact) mass is 390 g/mol. The Morgan fingerprint density at radius 3 is 2.67 bits per heavy atom. The number of aliphatic hydroxyl groups is 1. The Hall–Kier alpha value is -2.58. The summed E-state index contributed by atoms with van der Waals surface area (Å²) in [6.45, 7) is 1.38. The van der Waals surface area contributed by atoms with Gasteiger partial charge in [-0.2, -0.15) is 11.3 Å². The van der Waals surface area contributed by atoms with Gasteiger partial charge in [0.2, 0.25) is 0 Å². The van der Waals surface area contributed by atoms with Crippen molar-refractivity contribution in [3.8, 4) is 11.5 Å². The summed E-state index contributed by atoms with van der Waals surface area (Å²) in [6.07, 6.45) is 1.27. The van der Waals surface area contributed by atoms with Crippen molar-refractivity contribution in [3.05, 3.63) is 40.6 Å². The summed E-state index contributed by atoms with van der Waals surface area (Å²) in [5.74, 6) is -0.115. The lowest BCUT2D eigenvalue weighted by Crippen LogP contribution is -2.36. The van der Waals surface area contributed by atoms with E-state index in [0.29, 0.717) is 49.8 Å². The predicted molar refractivity (Wildman–Crippen MR) is 102 cm³/mol. The van der Waals surface area contributed by atoms with E-state index in [4.69, 9.17) is 9.47 Å². The van der Waals surface area contributed by atoms with Crippen LogP contribution in [0, 0.1) is 0 Å². The van der Waals surface area contributed by atoms with Crippen molar-refractivity contribution in [2.24, 2.45) is 0 Å². The molecule has 8 heteroatoms. The van der Waals surface area contributed by atoms with Gasteiger partial charge >= 0.3 is 11.8 Å². The van der Waals surface area contributed by atoms with E-state index in [1.807, 2.05) is 16.8 Å². The highest BCUT2D eigenvalue weighted by Crippen LogP contribution is 2.32. The third-order valence-corrected chi connectivity index (χ3v) is 4.98. The Kier molecular flexibility index (Phi) is 6.67. The normalized spacial score (nSPS) is 13.7. The first-order valence-electron chi connectivity index (χ1n) is 8.79. The molecule has 1 aromatic heterocycles. The van der Waals surface area contributed by atoms with Gasteiger partial charge in [0.1, 0.15) is 13.2 Å². The molecule has 144 valence electrons. The molecule has 1 aliphatic rings. The second-order valence-electron chi connectivity index (χ2n) is 6.12. The number of anilines is 1. The van der Waals surface area contributed by atoms with E-state index in [2.05, 4.69) is 10.6 Å². The zero-order chi connectivity index (χ0) is 19.1. The number of aliphatic hydroxyl groups excluding tert-OH is 1. The maximum Gasteiger partial charge on any atom is 0.313 e. The number of benzene rings is 1. The first-order chi connectivity index (χ1) is 13.2. The molecule has 27 heavy (non-hydrogen) atoms. The van der Waals surface area contributed by atoms with E-state index in [0.717, 1.165) is 5.56 Å². The number of thiophene rings is 1. The Morgan fingerprint density at radius 1 is 1.11 bits per heavy atom. The summed E-state index contributed by atoms with van der Waals surface area (Å²) < 4.78 is 10.9. The van der Waals surface area contributed by atoms with E-state index < -0.39 is 11.8 Å². The fourth-order valence-corrected chi connectivity index (χ4v) is 3.63. The number of carbonyl (C=O) groups excluding carboxylic acids is 2. The molecule has 0 saturated heterocycles. The van der Waals surface area contributed by atoms with Crippen molar-refractivity contribution in [2.75, 3.05) is 31.7 Å². The minimum Gasteiger partial charge on any atom is -0.486 e. The van der Waals surface area contributed by atoms with Crippen LogP contribution in [0.2, 0.25) is 0 Å². The summed E-state index contributed by atoms with van der Waals surface area (Å²) in [5, 5.41) is 18.4. The number of amides is 2. The molecule has 1 aromatic carbocycles. The second-order valence-corrected chi connectivity index (χ2v) is 6.90. The van der Waals surface area contributed by atoms with Crippen LogP contribution in [0.5, 0.6) is 11.5 Å². The molecule has 7 nitrogen and oxygen atoms in total. The summed E-state index contributed by atoms with van der Waals surface area (Å²) in [5.41, 5.74) is 1.61. The van der Waals surface area contributed by atoms with Gasteiger partial charge in [0, 0.05) is 24.9 Å². The number of carbonyl (C=O) groups is 2. The molecule has 0 spiro atoms. The molecule has 0 saturated carbocycles. The van der Waals surface area contributed by atoms with Gasteiger partial charge in [0.15, 0.2) is 11.5 Å².